The molecule has 2 aliphatic heterocycles. The molecule has 0 aromatic heterocycles. The van der Waals surface area contributed by atoms with Gasteiger partial charge >= 0.3 is 0 Å². The molecule has 0 aromatic carbocycles. The van der Waals surface area contributed by atoms with Gasteiger partial charge in [0.1, 0.15) is 0 Å². The number of hydrogen-bond acceptors (Lipinski definition) is 3. The maximum atomic E-state index is 12.5. The number of ether oxygens (including phenoxy) is 2. The Balaban J connectivity index is 1.45. The van der Waals surface area contributed by atoms with E-state index in [0.717, 1.165) is 50.4 Å². The van der Waals surface area contributed by atoms with Crippen molar-refractivity contribution in [2.45, 2.75) is 71.0 Å². The van der Waals surface area contributed by atoms with E-state index in [0.29, 0.717) is 17.2 Å². The molecule has 1 amide bonds. The Morgan fingerprint density at radius 2 is 1.69 bits per heavy atom. The molecule has 3 aliphatic carbocycles. The predicted octanol–water partition coefficient (Wildman–Crippen LogP) is 3.84. The van der Waals surface area contributed by atoms with Crippen LogP contribution in [0.4, 0.5) is 0 Å². The van der Waals surface area contributed by atoms with E-state index in [-0.39, 0.29) is 11.2 Å². The third-order valence-corrected chi connectivity index (χ3v) is 9.70. The number of likely N-dealkylation sites (tertiary alicyclic amines) is 1. The zero-order chi connectivity index (χ0) is 18.2. The van der Waals surface area contributed by atoms with Gasteiger partial charge in [-0.05, 0) is 67.6 Å². The number of rotatable bonds is 0. The lowest BCUT2D eigenvalue weighted by Crippen LogP contribution is -2.56. The number of carbonyl (C=O) groups is 1. The maximum Gasteiger partial charge on any atom is 0.222 e. The van der Waals surface area contributed by atoms with Crippen molar-refractivity contribution in [2.24, 2.45) is 34.5 Å². The highest BCUT2D eigenvalue weighted by Crippen LogP contribution is 2.68. The van der Waals surface area contributed by atoms with Crippen LogP contribution < -0.4 is 0 Å². The Morgan fingerprint density at radius 3 is 2.46 bits per heavy atom. The minimum Gasteiger partial charge on any atom is -0.347 e. The van der Waals surface area contributed by atoms with Crippen molar-refractivity contribution in [1.82, 2.24) is 4.90 Å². The molecule has 1 spiro atoms. The van der Waals surface area contributed by atoms with Crippen molar-refractivity contribution >= 4 is 5.91 Å². The molecule has 5 aliphatic rings. The average Bonchev–Trinajstić information content (AvgIpc) is 3.19. The Bertz CT molecular complexity index is 600. The van der Waals surface area contributed by atoms with Gasteiger partial charge in [-0.25, -0.2) is 0 Å². The molecule has 5 fully saturated rings. The lowest BCUT2D eigenvalue weighted by Gasteiger charge is -2.59. The summed E-state index contributed by atoms with van der Waals surface area (Å²) in [5.41, 5.74) is 0.517. The van der Waals surface area contributed by atoms with E-state index in [9.17, 15) is 4.79 Å². The van der Waals surface area contributed by atoms with E-state index in [2.05, 4.69) is 13.8 Å². The minimum atomic E-state index is -0.292. The molecule has 2 heterocycles. The zero-order valence-electron chi connectivity index (χ0n) is 16.8. The number of fused-ring (bicyclic) bond motifs is 6. The zero-order valence-corrected chi connectivity index (χ0v) is 16.8. The SMILES string of the molecule is CN1CC[C@@]2(C)[C@@H](CC[C@@H]3[C@@H]2CC[C@@]2(C)[C@H]3CCC23OCCO3)CC1=O. The first-order valence-electron chi connectivity index (χ1n) is 10.9. The van der Waals surface area contributed by atoms with Crippen LogP contribution in [0, 0.1) is 34.5 Å². The third kappa shape index (κ3) is 2.12. The summed E-state index contributed by atoms with van der Waals surface area (Å²) in [7, 11) is 1.99. The van der Waals surface area contributed by atoms with Gasteiger partial charge in [-0.15, -0.1) is 0 Å². The first kappa shape index (κ1) is 17.5. The van der Waals surface area contributed by atoms with E-state index in [4.69, 9.17) is 9.47 Å². The Labute approximate surface area is 158 Å². The summed E-state index contributed by atoms with van der Waals surface area (Å²) in [6.07, 6.45) is 9.35. The summed E-state index contributed by atoms with van der Waals surface area (Å²) in [5.74, 6) is 2.95. The second-order valence-corrected chi connectivity index (χ2v) is 10.4. The largest absolute Gasteiger partial charge is 0.347 e. The van der Waals surface area contributed by atoms with Crippen molar-refractivity contribution in [3.63, 3.8) is 0 Å². The molecular weight excluding hydrogens is 326 g/mol. The first-order chi connectivity index (χ1) is 12.4. The number of hydrogen-bond donors (Lipinski definition) is 0. The van der Waals surface area contributed by atoms with Gasteiger partial charge in [0, 0.05) is 31.8 Å². The van der Waals surface area contributed by atoms with Gasteiger partial charge in [0.25, 0.3) is 0 Å². The van der Waals surface area contributed by atoms with E-state index in [1.807, 2.05) is 11.9 Å². The second-order valence-electron chi connectivity index (χ2n) is 10.4. The van der Waals surface area contributed by atoms with E-state index in [1.165, 1.54) is 38.5 Å². The fraction of sp³-hybridized carbons (Fsp3) is 0.955. The second kappa shape index (κ2) is 5.70. The lowest BCUT2D eigenvalue weighted by molar-refractivity contribution is -0.246. The first-order valence-corrected chi connectivity index (χ1v) is 10.9. The molecule has 0 N–H and O–H groups in total. The van der Waals surface area contributed by atoms with Crippen LogP contribution in [-0.4, -0.2) is 43.4 Å². The molecule has 3 saturated carbocycles. The van der Waals surface area contributed by atoms with Crippen LogP contribution in [0.5, 0.6) is 0 Å². The Hall–Kier alpha value is -0.610. The van der Waals surface area contributed by atoms with Crippen LogP contribution in [0.2, 0.25) is 0 Å². The van der Waals surface area contributed by atoms with E-state index >= 15 is 0 Å². The standard InChI is InChI=1S/C22H35NO3/c1-20-10-11-23(3)19(24)14-15(20)4-5-16-17(20)6-8-21(2)18(16)7-9-22(21)25-12-13-26-22/h15-18H,4-14H2,1-3H3/t15-,16+,17-,18-,20-,21-/m0/s1. The monoisotopic (exact) mass is 361 g/mol. The minimum absolute atomic E-state index is 0.186. The average molecular weight is 362 g/mol. The van der Waals surface area contributed by atoms with Gasteiger partial charge in [0.05, 0.1) is 13.2 Å². The van der Waals surface area contributed by atoms with Crippen LogP contribution >= 0.6 is 0 Å². The van der Waals surface area contributed by atoms with Crippen LogP contribution in [0.1, 0.15) is 65.2 Å². The van der Waals surface area contributed by atoms with Crippen molar-refractivity contribution in [2.75, 3.05) is 26.8 Å². The summed E-state index contributed by atoms with van der Waals surface area (Å²) < 4.78 is 12.5. The molecular formula is C22H35NO3. The van der Waals surface area contributed by atoms with E-state index in [1.54, 1.807) is 0 Å². The van der Waals surface area contributed by atoms with Crippen molar-refractivity contribution in [3.8, 4) is 0 Å². The smallest absolute Gasteiger partial charge is 0.222 e. The fourth-order valence-electron chi connectivity index (χ4n) is 8.05. The van der Waals surface area contributed by atoms with Gasteiger partial charge in [0.2, 0.25) is 5.91 Å². The van der Waals surface area contributed by atoms with Gasteiger partial charge < -0.3 is 14.4 Å². The summed E-state index contributed by atoms with van der Waals surface area (Å²) in [4.78, 5) is 14.4. The summed E-state index contributed by atoms with van der Waals surface area (Å²) in [6.45, 7) is 7.46. The molecule has 4 nitrogen and oxygen atoms in total. The Morgan fingerprint density at radius 1 is 0.962 bits per heavy atom. The molecule has 26 heavy (non-hydrogen) atoms. The molecule has 2 saturated heterocycles. The summed E-state index contributed by atoms with van der Waals surface area (Å²) in [6, 6.07) is 0. The van der Waals surface area contributed by atoms with Crippen molar-refractivity contribution < 1.29 is 14.3 Å². The van der Waals surface area contributed by atoms with Gasteiger partial charge in [0.15, 0.2) is 5.79 Å². The summed E-state index contributed by atoms with van der Waals surface area (Å²) >= 11 is 0. The quantitative estimate of drug-likeness (QED) is 0.658. The fourth-order valence-corrected chi connectivity index (χ4v) is 8.05. The number of carbonyl (C=O) groups excluding carboxylic acids is 1. The van der Waals surface area contributed by atoms with Crippen LogP contribution in [0.3, 0.4) is 0 Å². The summed E-state index contributed by atoms with van der Waals surface area (Å²) in [5, 5.41) is 0. The van der Waals surface area contributed by atoms with Crippen LogP contribution in [0.15, 0.2) is 0 Å². The van der Waals surface area contributed by atoms with Crippen LogP contribution in [-0.2, 0) is 14.3 Å². The van der Waals surface area contributed by atoms with Gasteiger partial charge in [-0.3, -0.25) is 4.79 Å². The molecule has 6 atom stereocenters. The third-order valence-electron chi connectivity index (χ3n) is 9.70. The Kier molecular flexibility index (Phi) is 3.83. The predicted molar refractivity (Wildman–Crippen MR) is 99.4 cm³/mol. The van der Waals surface area contributed by atoms with Crippen molar-refractivity contribution in [1.29, 1.82) is 0 Å². The van der Waals surface area contributed by atoms with E-state index < -0.39 is 0 Å². The highest BCUT2D eigenvalue weighted by Gasteiger charge is 2.67. The molecule has 5 rings (SSSR count). The van der Waals surface area contributed by atoms with Crippen LogP contribution in [0.25, 0.3) is 0 Å². The molecule has 0 radical (unpaired) electrons. The molecule has 0 unspecified atom stereocenters. The maximum absolute atomic E-state index is 12.5. The number of nitrogens with zero attached hydrogens (tertiary/aromatic N) is 1. The molecule has 4 heteroatoms. The highest BCUT2D eigenvalue weighted by molar-refractivity contribution is 5.76. The molecule has 146 valence electrons. The number of amides is 1. The topological polar surface area (TPSA) is 38.8 Å². The molecule has 0 bridgehead atoms. The van der Waals surface area contributed by atoms with Gasteiger partial charge in [-0.2, -0.15) is 0 Å². The lowest BCUT2D eigenvalue weighted by atomic mass is 9.46. The normalized spacial score (nSPS) is 50.3. The van der Waals surface area contributed by atoms with Crippen molar-refractivity contribution in [3.05, 3.63) is 0 Å². The highest BCUT2D eigenvalue weighted by atomic mass is 16.7. The van der Waals surface area contributed by atoms with Gasteiger partial charge in [-0.1, -0.05) is 13.8 Å². The molecule has 0 aromatic rings.